The number of rotatable bonds is 5. The molecule has 0 bridgehead atoms. The van der Waals surface area contributed by atoms with E-state index < -0.39 is 6.10 Å². The largest absolute Gasteiger partial charge is 0.387 e. The smallest absolute Gasteiger partial charge is 0.168 e. The summed E-state index contributed by atoms with van der Waals surface area (Å²) >= 11 is 1.69. The Morgan fingerprint density at radius 2 is 1.81 bits per heavy atom. The van der Waals surface area contributed by atoms with Gasteiger partial charge in [0.05, 0.1) is 12.5 Å². The summed E-state index contributed by atoms with van der Waals surface area (Å²) in [5.41, 5.74) is 3.30. The van der Waals surface area contributed by atoms with E-state index in [0.29, 0.717) is 13.0 Å². The maximum Gasteiger partial charge on any atom is 0.168 e. The number of aliphatic hydroxyl groups is 1. The first kappa shape index (κ1) is 16.8. The molecule has 5 heteroatoms. The van der Waals surface area contributed by atoms with E-state index in [4.69, 9.17) is 4.84 Å². The van der Waals surface area contributed by atoms with E-state index in [1.807, 2.05) is 48.5 Å². The highest BCUT2D eigenvalue weighted by Gasteiger charge is 2.25. The first-order valence-corrected chi connectivity index (χ1v) is 9.51. The molecule has 0 unspecified atom stereocenters. The number of nitrogens with zero attached hydrogens (tertiary/aromatic N) is 1. The predicted molar refractivity (Wildman–Crippen MR) is 105 cm³/mol. The van der Waals surface area contributed by atoms with Crippen molar-refractivity contribution >= 4 is 17.2 Å². The molecule has 26 heavy (non-hydrogen) atoms. The van der Waals surface area contributed by atoms with Crippen LogP contribution < -0.4 is 5.32 Å². The van der Waals surface area contributed by atoms with Crippen LogP contribution in [0.4, 0.5) is 0 Å². The Labute approximate surface area is 156 Å². The number of amidine groups is 1. The monoisotopic (exact) mass is 364 g/mol. The number of hydrogen-bond donors (Lipinski definition) is 2. The highest BCUT2D eigenvalue weighted by molar-refractivity contribution is 7.10. The lowest BCUT2D eigenvalue weighted by molar-refractivity contribution is 0.0883. The van der Waals surface area contributed by atoms with Crippen LogP contribution in [0.5, 0.6) is 0 Å². The number of thiophene rings is 1. The van der Waals surface area contributed by atoms with Crippen molar-refractivity contribution in [1.29, 1.82) is 0 Å². The lowest BCUT2D eigenvalue weighted by Crippen LogP contribution is -2.27. The van der Waals surface area contributed by atoms with Crippen molar-refractivity contribution in [2.75, 3.05) is 6.54 Å². The summed E-state index contributed by atoms with van der Waals surface area (Å²) < 4.78 is 0. The van der Waals surface area contributed by atoms with E-state index in [1.54, 1.807) is 11.3 Å². The summed E-state index contributed by atoms with van der Waals surface area (Å²) in [4.78, 5) is 6.75. The van der Waals surface area contributed by atoms with Gasteiger partial charge in [0, 0.05) is 11.4 Å². The third-order valence-electron chi connectivity index (χ3n) is 4.40. The van der Waals surface area contributed by atoms with Crippen molar-refractivity contribution in [1.82, 2.24) is 5.32 Å². The van der Waals surface area contributed by atoms with Crippen LogP contribution >= 0.6 is 11.3 Å². The third kappa shape index (κ3) is 3.79. The minimum atomic E-state index is -0.565. The van der Waals surface area contributed by atoms with Gasteiger partial charge in [-0.3, -0.25) is 0 Å². The minimum Gasteiger partial charge on any atom is -0.387 e. The van der Waals surface area contributed by atoms with E-state index in [2.05, 4.69) is 34.1 Å². The molecule has 3 aromatic rings. The summed E-state index contributed by atoms with van der Waals surface area (Å²) in [7, 11) is 0. The van der Waals surface area contributed by atoms with Crippen LogP contribution in [0.15, 0.2) is 77.3 Å². The second-order valence-corrected chi connectivity index (χ2v) is 7.19. The van der Waals surface area contributed by atoms with Crippen LogP contribution in [0.25, 0.3) is 11.1 Å². The minimum absolute atomic E-state index is 0.0613. The van der Waals surface area contributed by atoms with Crippen molar-refractivity contribution in [2.45, 2.75) is 18.6 Å². The SMILES string of the molecule is O[C@@H](CNC1=NO[C@@H](c2cc(-c3ccccc3)cs2)C1)c1ccccc1. The first-order valence-electron chi connectivity index (χ1n) is 8.63. The number of nitrogens with one attached hydrogen (secondary N) is 1. The first-order chi connectivity index (χ1) is 12.8. The Kier molecular flexibility index (Phi) is 5.00. The van der Waals surface area contributed by atoms with E-state index >= 15 is 0 Å². The van der Waals surface area contributed by atoms with Gasteiger partial charge in [-0.1, -0.05) is 65.8 Å². The zero-order valence-electron chi connectivity index (χ0n) is 14.2. The average Bonchev–Trinajstić information content (AvgIpc) is 3.37. The fourth-order valence-electron chi connectivity index (χ4n) is 2.95. The lowest BCUT2D eigenvalue weighted by atomic mass is 10.1. The topological polar surface area (TPSA) is 53.8 Å². The third-order valence-corrected chi connectivity index (χ3v) is 5.42. The quantitative estimate of drug-likeness (QED) is 0.700. The lowest BCUT2D eigenvalue weighted by Gasteiger charge is -2.12. The summed E-state index contributed by atoms with van der Waals surface area (Å²) in [6.07, 6.45) is 0.0641. The van der Waals surface area contributed by atoms with Gasteiger partial charge in [0.25, 0.3) is 0 Å². The normalized spacial score (nSPS) is 17.4. The number of aliphatic hydroxyl groups excluding tert-OH is 1. The number of oxime groups is 1. The Balaban J connectivity index is 1.33. The molecule has 0 saturated heterocycles. The molecule has 4 rings (SSSR count). The fraction of sp³-hybridized carbons (Fsp3) is 0.190. The number of benzene rings is 2. The van der Waals surface area contributed by atoms with Crippen LogP contribution in [-0.2, 0) is 4.84 Å². The molecule has 0 spiro atoms. The Hall–Kier alpha value is -2.63. The number of hydrogen-bond acceptors (Lipinski definition) is 5. The second kappa shape index (κ2) is 7.72. The highest BCUT2D eigenvalue weighted by atomic mass is 32.1. The van der Waals surface area contributed by atoms with Gasteiger partial charge in [0.2, 0.25) is 0 Å². The van der Waals surface area contributed by atoms with E-state index in [1.165, 1.54) is 11.1 Å². The molecule has 0 fully saturated rings. The molecule has 2 aromatic carbocycles. The zero-order chi connectivity index (χ0) is 17.8. The Bertz CT molecular complexity index is 877. The molecule has 1 aromatic heterocycles. The van der Waals surface area contributed by atoms with Gasteiger partial charge in [0.15, 0.2) is 6.10 Å². The molecule has 2 atom stereocenters. The maximum atomic E-state index is 10.2. The van der Waals surface area contributed by atoms with Crippen LogP contribution in [0.2, 0.25) is 0 Å². The van der Waals surface area contributed by atoms with Crippen molar-refractivity contribution < 1.29 is 9.94 Å². The molecule has 0 aliphatic carbocycles. The molecule has 1 aliphatic rings. The van der Waals surface area contributed by atoms with Gasteiger partial charge >= 0.3 is 0 Å². The van der Waals surface area contributed by atoms with Crippen LogP contribution in [-0.4, -0.2) is 17.5 Å². The highest BCUT2D eigenvalue weighted by Crippen LogP contribution is 2.34. The van der Waals surface area contributed by atoms with Gasteiger partial charge in [-0.2, -0.15) is 0 Å². The molecule has 4 nitrogen and oxygen atoms in total. The molecule has 132 valence electrons. The van der Waals surface area contributed by atoms with Crippen LogP contribution in [0.3, 0.4) is 0 Å². The van der Waals surface area contributed by atoms with Crippen molar-refractivity contribution in [3.8, 4) is 11.1 Å². The van der Waals surface area contributed by atoms with Crippen LogP contribution in [0.1, 0.15) is 29.1 Å². The zero-order valence-corrected chi connectivity index (χ0v) is 15.0. The van der Waals surface area contributed by atoms with E-state index in [0.717, 1.165) is 16.3 Å². The molecule has 1 aliphatic heterocycles. The molecule has 0 amide bonds. The Morgan fingerprint density at radius 3 is 2.58 bits per heavy atom. The summed E-state index contributed by atoms with van der Waals surface area (Å²) in [6.45, 7) is 0.415. The second-order valence-electron chi connectivity index (χ2n) is 6.25. The van der Waals surface area contributed by atoms with Crippen molar-refractivity contribution in [3.05, 3.63) is 82.6 Å². The fourth-order valence-corrected chi connectivity index (χ4v) is 3.89. The predicted octanol–water partition coefficient (Wildman–Crippen LogP) is 4.51. The van der Waals surface area contributed by atoms with Crippen molar-refractivity contribution in [2.24, 2.45) is 5.16 Å². The summed E-state index contributed by atoms with van der Waals surface area (Å²) in [6, 6.07) is 22.1. The molecule has 0 radical (unpaired) electrons. The molecular formula is C21H20N2O2S. The average molecular weight is 364 g/mol. The van der Waals surface area contributed by atoms with Gasteiger partial charge in [-0.25, -0.2) is 0 Å². The van der Waals surface area contributed by atoms with Gasteiger partial charge in [0.1, 0.15) is 5.84 Å². The van der Waals surface area contributed by atoms with Crippen LogP contribution in [0, 0.1) is 0 Å². The molecule has 0 saturated carbocycles. The van der Waals surface area contributed by atoms with Gasteiger partial charge in [-0.15, -0.1) is 11.3 Å². The van der Waals surface area contributed by atoms with E-state index in [9.17, 15) is 5.11 Å². The standard InChI is InChI=1S/C21H20N2O2S/c24-18(16-9-5-2-6-10-16)13-22-21-12-19(25-23-21)20-11-17(14-26-20)15-7-3-1-4-8-15/h1-11,14,18-19,24H,12-13H2,(H,22,23)/t18-,19+/m0/s1. The van der Waals surface area contributed by atoms with Crippen molar-refractivity contribution in [3.63, 3.8) is 0 Å². The molecule has 2 heterocycles. The summed E-state index contributed by atoms with van der Waals surface area (Å²) in [5, 5.41) is 19.7. The Morgan fingerprint density at radius 1 is 1.08 bits per heavy atom. The van der Waals surface area contributed by atoms with E-state index in [-0.39, 0.29) is 6.10 Å². The summed E-state index contributed by atoms with van der Waals surface area (Å²) in [5.74, 6) is 0.777. The molecule has 2 N–H and O–H groups in total. The van der Waals surface area contributed by atoms with Gasteiger partial charge < -0.3 is 15.3 Å². The maximum absolute atomic E-state index is 10.2. The van der Waals surface area contributed by atoms with Gasteiger partial charge in [-0.05, 0) is 28.1 Å². The molecular weight excluding hydrogens is 344 g/mol.